The van der Waals surface area contributed by atoms with Gasteiger partial charge >= 0.3 is 0 Å². The van der Waals surface area contributed by atoms with Crippen molar-refractivity contribution in [3.63, 3.8) is 0 Å². The summed E-state index contributed by atoms with van der Waals surface area (Å²) in [7, 11) is 2.02. The van der Waals surface area contributed by atoms with E-state index in [0.29, 0.717) is 12.6 Å². The van der Waals surface area contributed by atoms with Gasteiger partial charge in [0.15, 0.2) is 11.6 Å². The number of benzene rings is 1. The Morgan fingerprint density at radius 2 is 2.22 bits per heavy atom. The molecular formula is C13H15F2N3. The molecule has 2 rings (SSSR count). The lowest BCUT2D eigenvalue weighted by Crippen LogP contribution is -2.31. The average molecular weight is 251 g/mol. The maximum absolute atomic E-state index is 13.6. The highest BCUT2D eigenvalue weighted by molar-refractivity contribution is 5.49. The predicted molar refractivity (Wildman–Crippen MR) is 65.2 cm³/mol. The second-order valence-corrected chi connectivity index (χ2v) is 4.56. The van der Waals surface area contributed by atoms with Crippen molar-refractivity contribution < 1.29 is 8.78 Å². The molecule has 0 aliphatic carbocycles. The zero-order valence-corrected chi connectivity index (χ0v) is 10.2. The number of rotatable bonds is 3. The second kappa shape index (κ2) is 5.32. The minimum atomic E-state index is -1.08. The molecule has 1 saturated heterocycles. The minimum Gasteiger partial charge on any atom is -0.381 e. The molecule has 0 aromatic heterocycles. The first-order chi connectivity index (χ1) is 8.63. The van der Waals surface area contributed by atoms with Crippen LogP contribution in [0.2, 0.25) is 0 Å². The van der Waals surface area contributed by atoms with Crippen LogP contribution in [-0.2, 0) is 0 Å². The Morgan fingerprint density at radius 1 is 1.44 bits per heavy atom. The van der Waals surface area contributed by atoms with Crippen molar-refractivity contribution >= 4 is 5.69 Å². The lowest BCUT2D eigenvalue weighted by Gasteiger charge is -2.20. The van der Waals surface area contributed by atoms with Crippen LogP contribution < -0.4 is 5.32 Å². The van der Waals surface area contributed by atoms with Gasteiger partial charge in [0.25, 0.3) is 0 Å². The van der Waals surface area contributed by atoms with Gasteiger partial charge < -0.3 is 10.2 Å². The third-order valence-corrected chi connectivity index (χ3v) is 3.40. The van der Waals surface area contributed by atoms with Gasteiger partial charge in [-0.05, 0) is 38.6 Å². The molecule has 3 nitrogen and oxygen atoms in total. The van der Waals surface area contributed by atoms with Crippen molar-refractivity contribution in [1.82, 2.24) is 4.90 Å². The standard InChI is InChI=1S/C13H15F2N3/c1-18-6-2-3-10(18)8-17-11-5-4-9(7-16)12(14)13(11)15/h4-5,10,17H,2-3,6,8H2,1H3. The van der Waals surface area contributed by atoms with E-state index in [1.807, 2.05) is 7.05 Å². The Bertz CT molecular complexity index is 482. The van der Waals surface area contributed by atoms with Crippen LogP contribution in [0.15, 0.2) is 12.1 Å². The van der Waals surface area contributed by atoms with E-state index in [0.717, 1.165) is 19.4 Å². The summed E-state index contributed by atoms with van der Waals surface area (Å²) in [6.45, 7) is 1.62. The Labute approximate surface area is 105 Å². The summed E-state index contributed by atoms with van der Waals surface area (Å²) in [4.78, 5) is 2.20. The molecule has 0 spiro atoms. The van der Waals surface area contributed by atoms with Gasteiger partial charge in [-0.1, -0.05) is 0 Å². The molecular weight excluding hydrogens is 236 g/mol. The van der Waals surface area contributed by atoms with Crippen LogP contribution in [0, 0.1) is 23.0 Å². The predicted octanol–water partition coefficient (Wildman–Crippen LogP) is 2.34. The zero-order valence-electron chi connectivity index (χ0n) is 10.2. The van der Waals surface area contributed by atoms with E-state index in [4.69, 9.17) is 5.26 Å². The maximum Gasteiger partial charge on any atom is 0.183 e. The quantitative estimate of drug-likeness (QED) is 0.896. The number of halogens is 2. The Kier molecular flexibility index (Phi) is 3.78. The number of likely N-dealkylation sites (tertiary alicyclic amines) is 1. The van der Waals surface area contributed by atoms with Crippen molar-refractivity contribution in [3.8, 4) is 6.07 Å². The fourth-order valence-electron chi connectivity index (χ4n) is 2.24. The molecule has 1 atom stereocenters. The van der Waals surface area contributed by atoms with Gasteiger partial charge in [-0.2, -0.15) is 5.26 Å². The molecule has 0 amide bonds. The van der Waals surface area contributed by atoms with E-state index in [-0.39, 0.29) is 11.3 Å². The van der Waals surface area contributed by atoms with Gasteiger partial charge in [-0.25, -0.2) is 8.78 Å². The highest BCUT2D eigenvalue weighted by Gasteiger charge is 2.21. The summed E-state index contributed by atoms with van der Waals surface area (Å²) in [6.07, 6.45) is 2.19. The van der Waals surface area contributed by atoms with Crippen LogP contribution in [-0.4, -0.2) is 31.1 Å². The maximum atomic E-state index is 13.6. The van der Waals surface area contributed by atoms with Gasteiger partial charge in [-0.15, -0.1) is 0 Å². The molecule has 1 aliphatic rings. The third-order valence-electron chi connectivity index (χ3n) is 3.40. The number of likely N-dealkylation sites (N-methyl/N-ethyl adjacent to an activating group) is 1. The molecule has 5 heteroatoms. The van der Waals surface area contributed by atoms with Gasteiger partial charge in [0, 0.05) is 12.6 Å². The highest BCUT2D eigenvalue weighted by atomic mass is 19.2. The molecule has 0 radical (unpaired) electrons. The van der Waals surface area contributed by atoms with E-state index in [2.05, 4.69) is 10.2 Å². The highest BCUT2D eigenvalue weighted by Crippen LogP contribution is 2.21. The Balaban J connectivity index is 2.06. The van der Waals surface area contributed by atoms with Crippen molar-refractivity contribution in [2.75, 3.05) is 25.5 Å². The number of anilines is 1. The number of nitrogens with zero attached hydrogens (tertiary/aromatic N) is 2. The normalized spacial score (nSPS) is 19.8. The molecule has 1 heterocycles. The summed E-state index contributed by atoms with van der Waals surface area (Å²) in [5, 5.41) is 11.5. The summed E-state index contributed by atoms with van der Waals surface area (Å²) in [5.74, 6) is -2.06. The molecule has 1 aliphatic heterocycles. The average Bonchev–Trinajstić information content (AvgIpc) is 2.77. The Morgan fingerprint density at radius 3 is 2.83 bits per heavy atom. The van der Waals surface area contributed by atoms with Crippen molar-refractivity contribution in [3.05, 3.63) is 29.3 Å². The molecule has 1 fully saturated rings. The minimum absolute atomic E-state index is 0.117. The number of nitrogens with one attached hydrogen (secondary N) is 1. The number of hydrogen-bond acceptors (Lipinski definition) is 3. The molecule has 1 aromatic rings. The van der Waals surface area contributed by atoms with Gasteiger partial charge in [-0.3, -0.25) is 0 Å². The van der Waals surface area contributed by atoms with E-state index < -0.39 is 11.6 Å². The number of nitriles is 1. The topological polar surface area (TPSA) is 39.1 Å². The van der Waals surface area contributed by atoms with Gasteiger partial charge in [0.1, 0.15) is 6.07 Å². The van der Waals surface area contributed by atoms with Crippen LogP contribution in [0.5, 0.6) is 0 Å². The largest absolute Gasteiger partial charge is 0.381 e. The van der Waals surface area contributed by atoms with E-state index in [9.17, 15) is 8.78 Å². The van der Waals surface area contributed by atoms with Crippen LogP contribution in [0.3, 0.4) is 0 Å². The van der Waals surface area contributed by atoms with Crippen molar-refractivity contribution in [1.29, 1.82) is 5.26 Å². The summed E-state index contributed by atoms with van der Waals surface area (Å²) in [5.41, 5.74) is -0.150. The Hall–Kier alpha value is -1.67. The first-order valence-corrected chi connectivity index (χ1v) is 5.95. The monoisotopic (exact) mass is 251 g/mol. The van der Waals surface area contributed by atoms with Crippen LogP contribution >= 0.6 is 0 Å². The van der Waals surface area contributed by atoms with Crippen LogP contribution in [0.25, 0.3) is 0 Å². The van der Waals surface area contributed by atoms with E-state index in [1.165, 1.54) is 12.1 Å². The number of hydrogen-bond donors (Lipinski definition) is 1. The first kappa shape index (κ1) is 12.8. The molecule has 1 unspecified atom stereocenters. The van der Waals surface area contributed by atoms with Crippen molar-refractivity contribution in [2.45, 2.75) is 18.9 Å². The summed E-state index contributed by atoms with van der Waals surface area (Å²) >= 11 is 0. The second-order valence-electron chi connectivity index (χ2n) is 4.56. The molecule has 96 valence electrons. The molecule has 0 saturated carbocycles. The van der Waals surface area contributed by atoms with E-state index in [1.54, 1.807) is 6.07 Å². The van der Waals surface area contributed by atoms with Crippen molar-refractivity contribution in [2.24, 2.45) is 0 Å². The van der Waals surface area contributed by atoms with Gasteiger partial charge in [0.2, 0.25) is 0 Å². The van der Waals surface area contributed by atoms with Crippen LogP contribution in [0.1, 0.15) is 18.4 Å². The summed E-state index contributed by atoms with van der Waals surface area (Å²) in [6, 6.07) is 4.67. The molecule has 1 aromatic carbocycles. The fourth-order valence-corrected chi connectivity index (χ4v) is 2.24. The zero-order chi connectivity index (χ0) is 13.1. The summed E-state index contributed by atoms with van der Waals surface area (Å²) < 4.78 is 27.0. The SMILES string of the molecule is CN1CCCC1CNc1ccc(C#N)c(F)c1F. The lowest BCUT2D eigenvalue weighted by molar-refractivity contribution is 0.322. The molecule has 0 bridgehead atoms. The first-order valence-electron chi connectivity index (χ1n) is 5.95. The fraction of sp³-hybridized carbons (Fsp3) is 0.462. The lowest BCUT2D eigenvalue weighted by atomic mass is 10.1. The van der Waals surface area contributed by atoms with Gasteiger partial charge in [0.05, 0.1) is 11.3 Å². The third kappa shape index (κ3) is 2.44. The van der Waals surface area contributed by atoms with E-state index >= 15 is 0 Å². The molecule has 1 N–H and O–H groups in total. The molecule has 18 heavy (non-hydrogen) atoms. The van der Waals surface area contributed by atoms with Crippen LogP contribution in [0.4, 0.5) is 14.5 Å². The smallest absolute Gasteiger partial charge is 0.183 e.